The van der Waals surface area contributed by atoms with Gasteiger partial charge in [0.15, 0.2) is 17.3 Å². The van der Waals surface area contributed by atoms with Crippen LogP contribution in [0.4, 0.5) is 5.82 Å². The number of aromatic amines is 1. The second-order valence-electron chi connectivity index (χ2n) is 5.15. The van der Waals surface area contributed by atoms with Crippen molar-refractivity contribution in [3.05, 3.63) is 72.2 Å². The molecule has 1 aromatic carbocycles. The Bertz CT molecular complexity index is 882. The van der Waals surface area contributed by atoms with Crippen molar-refractivity contribution in [2.75, 3.05) is 11.9 Å². The Morgan fingerprint density at radius 1 is 1.17 bits per heavy atom. The van der Waals surface area contributed by atoms with Gasteiger partial charge in [-0.25, -0.2) is 15.0 Å². The first-order valence-electron chi connectivity index (χ1n) is 7.39. The molecule has 6 nitrogen and oxygen atoms in total. The van der Waals surface area contributed by atoms with Crippen molar-refractivity contribution in [2.24, 2.45) is 0 Å². The molecule has 4 rings (SSSR count). The Balaban J connectivity index is 1.69. The van der Waals surface area contributed by atoms with Crippen molar-refractivity contribution < 1.29 is 4.74 Å². The molecule has 23 heavy (non-hydrogen) atoms. The molecule has 0 bridgehead atoms. The van der Waals surface area contributed by atoms with E-state index in [-0.39, 0.29) is 0 Å². The molecule has 6 heteroatoms. The molecule has 2 N–H and O–H groups in total. The number of ether oxygens (including phenoxy) is 1. The van der Waals surface area contributed by atoms with Gasteiger partial charge in [0.25, 0.3) is 0 Å². The molecule has 3 heterocycles. The summed E-state index contributed by atoms with van der Waals surface area (Å²) in [6.45, 7) is 0.549. The van der Waals surface area contributed by atoms with Gasteiger partial charge >= 0.3 is 0 Å². The van der Waals surface area contributed by atoms with Crippen LogP contribution in [-0.2, 0) is 11.2 Å². The maximum Gasteiger partial charge on any atom is 0.192 e. The van der Waals surface area contributed by atoms with E-state index >= 15 is 0 Å². The van der Waals surface area contributed by atoms with Gasteiger partial charge < -0.3 is 15.0 Å². The van der Waals surface area contributed by atoms with Crippen LogP contribution in [-0.4, -0.2) is 26.5 Å². The van der Waals surface area contributed by atoms with E-state index in [0.717, 1.165) is 11.1 Å². The van der Waals surface area contributed by atoms with Crippen LogP contribution >= 0.6 is 0 Å². The fraction of sp³-hybridized carbons (Fsp3) is 0.118. The quantitative estimate of drug-likeness (QED) is 0.775. The summed E-state index contributed by atoms with van der Waals surface area (Å²) >= 11 is 0. The van der Waals surface area contributed by atoms with E-state index in [1.54, 1.807) is 6.33 Å². The molecule has 0 amide bonds. The highest BCUT2D eigenvalue weighted by molar-refractivity contribution is 5.83. The molecular formula is C17H15N5O. The summed E-state index contributed by atoms with van der Waals surface area (Å²) in [4.78, 5) is 16.5. The van der Waals surface area contributed by atoms with Crippen LogP contribution in [0.2, 0.25) is 0 Å². The molecule has 0 fully saturated rings. The molecule has 1 aliphatic heterocycles. The highest BCUT2D eigenvalue weighted by Gasteiger charge is 2.12. The van der Waals surface area contributed by atoms with E-state index in [9.17, 15) is 0 Å². The van der Waals surface area contributed by atoms with Gasteiger partial charge in [-0.3, -0.25) is 0 Å². The van der Waals surface area contributed by atoms with E-state index in [2.05, 4.69) is 37.4 Å². The number of fused-ring (bicyclic) bond motifs is 1. The van der Waals surface area contributed by atoms with Crippen molar-refractivity contribution in [1.29, 1.82) is 0 Å². The summed E-state index contributed by atoms with van der Waals surface area (Å²) in [7, 11) is 0. The third-order valence-corrected chi connectivity index (χ3v) is 3.50. The van der Waals surface area contributed by atoms with Gasteiger partial charge in [0, 0.05) is 6.42 Å². The zero-order valence-corrected chi connectivity index (χ0v) is 12.4. The van der Waals surface area contributed by atoms with Crippen LogP contribution in [0.25, 0.3) is 11.2 Å². The molecule has 0 atom stereocenters. The fourth-order valence-electron chi connectivity index (χ4n) is 2.42. The number of rotatable bonds is 4. The number of imidazole rings is 1. The second-order valence-corrected chi connectivity index (χ2v) is 5.15. The normalized spacial score (nSPS) is 13.7. The van der Waals surface area contributed by atoms with Gasteiger partial charge in [0.05, 0.1) is 6.33 Å². The molecule has 0 radical (unpaired) electrons. The summed E-state index contributed by atoms with van der Waals surface area (Å²) in [5.41, 5.74) is 2.56. The van der Waals surface area contributed by atoms with Crippen LogP contribution in [0.1, 0.15) is 11.4 Å². The summed E-state index contributed by atoms with van der Waals surface area (Å²) in [5.74, 6) is 2.04. The number of benzene rings is 1. The lowest BCUT2D eigenvalue weighted by Gasteiger charge is -2.13. The standard InChI is InChI=1S/C17H15N5O/c1-2-6-12(7-3-1)10-13-20-16-15(18-11-19-16)17(21-13)22-14-8-4-5-9-23-14/h1-8,11H,9-10H2,(H2,18,19,20,21,22). The van der Waals surface area contributed by atoms with Crippen molar-refractivity contribution in [3.8, 4) is 0 Å². The van der Waals surface area contributed by atoms with Crippen LogP contribution in [0, 0.1) is 0 Å². The molecule has 114 valence electrons. The molecule has 2 aromatic heterocycles. The van der Waals surface area contributed by atoms with Gasteiger partial charge in [-0.05, 0) is 17.7 Å². The molecule has 0 spiro atoms. The average molecular weight is 305 g/mol. The highest BCUT2D eigenvalue weighted by atomic mass is 16.5. The van der Waals surface area contributed by atoms with E-state index in [0.29, 0.717) is 36.2 Å². The Hall–Kier alpha value is -3.15. The summed E-state index contributed by atoms with van der Waals surface area (Å²) < 4.78 is 5.53. The Kier molecular flexibility index (Phi) is 3.48. The first-order valence-corrected chi connectivity index (χ1v) is 7.39. The van der Waals surface area contributed by atoms with Gasteiger partial charge in [-0.15, -0.1) is 0 Å². The van der Waals surface area contributed by atoms with Gasteiger partial charge in [-0.2, -0.15) is 0 Å². The van der Waals surface area contributed by atoms with Gasteiger partial charge in [0.1, 0.15) is 17.9 Å². The Morgan fingerprint density at radius 2 is 2.09 bits per heavy atom. The highest BCUT2D eigenvalue weighted by Crippen LogP contribution is 2.20. The van der Waals surface area contributed by atoms with Crippen molar-refractivity contribution in [2.45, 2.75) is 6.42 Å². The zero-order chi connectivity index (χ0) is 15.5. The topological polar surface area (TPSA) is 75.7 Å². The minimum atomic E-state index is 0.549. The van der Waals surface area contributed by atoms with Crippen LogP contribution in [0.3, 0.4) is 0 Å². The lowest BCUT2D eigenvalue weighted by molar-refractivity contribution is 0.249. The summed E-state index contributed by atoms with van der Waals surface area (Å²) in [6.07, 6.45) is 8.02. The van der Waals surface area contributed by atoms with E-state index in [1.165, 1.54) is 0 Å². The number of hydrogen-bond acceptors (Lipinski definition) is 5. The number of nitrogens with zero attached hydrogens (tertiary/aromatic N) is 3. The third-order valence-electron chi connectivity index (χ3n) is 3.50. The first kappa shape index (κ1) is 13.5. The van der Waals surface area contributed by atoms with Gasteiger partial charge in [0.2, 0.25) is 0 Å². The number of aromatic nitrogens is 4. The number of anilines is 1. The lowest BCUT2D eigenvalue weighted by Crippen LogP contribution is -2.10. The first-order chi connectivity index (χ1) is 11.4. The van der Waals surface area contributed by atoms with Crippen LogP contribution in [0.15, 0.2) is 60.8 Å². The maximum atomic E-state index is 5.53. The predicted octanol–water partition coefficient (Wildman–Crippen LogP) is 2.78. The molecule has 0 unspecified atom stereocenters. The average Bonchev–Trinajstić information content (AvgIpc) is 3.05. The number of H-pyrrole nitrogens is 1. The maximum absolute atomic E-state index is 5.53. The summed E-state index contributed by atoms with van der Waals surface area (Å²) in [6, 6.07) is 10.1. The summed E-state index contributed by atoms with van der Waals surface area (Å²) in [5, 5.41) is 3.20. The minimum Gasteiger partial charge on any atom is -0.475 e. The van der Waals surface area contributed by atoms with Crippen molar-refractivity contribution in [3.63, 3.8) is 0 Å². The Labute approximate surface area is 133 Å². The van der Waals surface area contributed by atoms with Gasteiger partial charge in [-0.1, -0.05) is 36.4 Å². The van der Waals surface area contributed by atoms with E-state index in [4.69, 9.17) is 4.74 Å². The van der Waals surface area contributed by atoms with Crippen molar-refractivity contribution >= 4 is 17.0 Å². The number of hydrogen-bond donors (Lipinski definition) is 2. The second kappa shape index (κ2) is 5.92. The molecule has 3 aromatic rings. The van der Waals surface area contributed by atoms with Crippen LogP contribution in [0.5, 0.6) is 0 Å². The number of nitrogens with one attached hydrogen (secondary N) is 2. The third kappa shape index (κ3) is 2.91. The van der Waals surface area contributed by atoms with Crippen molar-refractivity contribution in [1.82, 2.24) is 19.9 Å². The van der Waals surface area contributed by atoms with E-state index in [1.807, 2.05) is 36.4 Å². The molecule has 0 aliphatic carbocycles. The molecule has 1 aliphatic rings. The van der Waals surface area contributed by atoms with E-state index < -0.39 is 0 Å². The fourth-order valence-corrected chi connectivity index (χ4v) is 2.42. The Morgan fingerprint density at radius 3 is 2.91 bits per heavy atom. The minimum absolute atomic E-state index is 0.549. The predicted molar refractivity (Wildman–Crippen MR) is 87.7 cm³/mol. The zero-order valence-electron chi connectivity index (χ0n) is 12.4. The lowest BCUT2D eigenvalue weighted by atomic mass is 10.1. The number of allylic oxidation sites excluding steroid dienone is 2. The smallest absolute Gasteiger partial charge is 0.192 e. The molecule has 0 saturated carbocycles. The molecule has 0 saturated heterocycles. The monoisotopic (exact) mass is 305 g/mol. The largest absolute Gasteiger partial charge is 0.475 e. The SMILES string of the molecule is C1=CCOC(Nc2nc(Cc3ccccc3)nc3nc[nH]c23)=C1. The van der Waals surface area contributed by atoms with Crippen LogP contribution < -0.4 is 5.32 Å². The molecular weight excluding hydrogens is 290 g/mol.